The normalized spacial score (nSPS) is 12.7. The van der Waals surface area contributed by atoms with Crippen molar-refractivity contribution in [3.63, 3.8) is 0 Å². The monoisotopic (exact) mass is 767 g/mol. The molecule has 0 aliphatic heterocycles. The lowest BCUT2D eigenvalue weighted by Gasteiger charge is -2.18. The van der Waals surface area contributed by atoms with Crippen LogP contribution in [-0.2, 0) is 28.6 Å². The summed E-state index contributed by atoms with van der Waals surface area (Å²) < 4.78 is 16.6. The maximum absolute atomic E-state index is 12.7. The molecule has 0 spiro atoms. The Labute approximate surface area is 338 Å². The topological polar surface area (TPSA) is 78.9 Å². The van der Waals surface area contributed by atoms with E-state index in [4.69, 9.17) is 14.2 Å². The Balaban J connectivity index is 4.47. The first-order valence-electron chi connectivity index (χ1n) is 22.4. The molecule has 6 heteroatoms. The Kier molecular flexibility index (Phi) is 41.1. The van der Waals surface area contributed by atoms with Crippen molar-refractivity contribution >= 4 is 17.9 Å². The fourth-order valence-corrected chi connectivity index (χ4v) is 5.83. The van der Waals surface area contributed by atoms with Gasteiger partial charge in [-0.25, -0.2) is 0 Å². The zero-order valence-electron chi connectivity index (χ0n) is 35.7. The van der Waals surface area contributed by atoms with Crippen molar-refractivity contribution < 1.29 is 28.6 Å². The van der Waals surface area contributed by atoms with Crippen LogP contribution in [0.2, 0.25) is 0 Å². The SMILES string of the molecule is CC/C=C\C/C=C\C/C=C\C/C=C\C/C=C\CCCC(=O)OCC(COC(=O)CCC/C=C\CCCCCC)OC(=O)CCCCCCCCCCCCC. The lowest BCUT2D eigenvalue weighted by molar-refractivity contribution is -0.167. The Morgan fingerprint density at radius 3 is 1.18 bits per heavy atom. The van der Waals surface area contributed by atoms with Crippen LogP contribution in [-0.4, -0.2) is 37.2 Å². The maximum atomic E-state index is 12.7. The lowest BCUT2D eigenvalue weighted by Crippen LogP contribution is -2.30. The molecule has 0 saturated carbocycles. The third-order valence-corrected chi connectivity index (χ3v) is 9.20. The van der Waals surface area contributed by atoms with Crippen molar-refractivity contribution in [3.8, 4) is 0 Å². The molecule has 6 nitrogen and oxygen atoms in total. The highest BCUT2D eigenvalue weighted by Gasteiger charge is 2.19. The van der Waals surface area contributed by atoms with E-state index in [1.54, 1.807) is 0 Å². The van der Waals surface area contributed by atoms with E-state index in [2.05, 4.69) is 93.7 Å². The third-order valence-electron chi connectivity index (χ3n) is 9.20. The van der Waals surface area contributed by atoms with Crippen molar-refractivity contribution in [1.82, 2.24) is 0 Å². The summed E-state index contributed by atoms with van der Waals surface area (Å²) in [4.78, 5) is 37.6. The van der Waals surface area contributed by atoms with Crippen molar-refractivity contribution in [1.29, 1.82) is 0 Å². The molecule has 0 saturated heterocycles. The highest BCUT2D eigenvalue weighted by Crippen LogP contribution is 2.13. The zero-order valence-corrected chi connectivity index (χ0v) is 35.7. The van der Waals surface area contributed by atoms with Crippen LogP contribution in [0.15, 0.2) is 72.9 Å². The summed E-state index contributed by atoms with van der Waals surface area (Å²) in [5, 5.41) is 0. The summed E-state index contributed by atoms with van der Waals surface area (Å²) >= 11 is 0. The lowest BCUT2D eigenvalue weighted by atomic mass is 10.1. The van der Waals surface area contributed by atoms with Crippen LogP contribution in [0.5, 0.6) is 0 Å². The molecule has 1 atom stereocenters. The Hall–Kier alpha value is -3.15. The number of hydrogen-bond donors (Lipinski definition) is 0. The molecule has 0 bridgehead atoms. The second-order valence-electron chi connectivity index (χ2n) is 14.6. The molecule has 0 heterocycles. The first-order chi connectivity index (χ1) is 27.0. The number of hydrogen-bond acceptors (Lipinski definition) is 6. The van der Waals surface area contributed by atoms with Gasteiger partial charge < -0.3 is 14.2 Å². The summed E-state index contributed by atoms with van der Waals surface area (Å²) in [5.41, 5.74) is 0. The van der Waals surface area contributed by atoms with E-state index in [1.165, 1.54) is 77.0 Å². The van der Waals surface area contributed by atoms with Gasteiger partial charge in [-0.2, -0.15) is 0 Å². The molecule has 314 valence electrons. The molecule has 0 aromatic rings. The number of ether oxygens (including phenoxy) is 3. The standard InChI is InChI=1S/C49H82O6/c1-4-7-10-13-16-19-21-22-23-24-25-26-28-30-33-36-39-42-48(51)54-45-46(44-53-47(50)41-38-35-32-29-18-15-12-9-6-3)55-49(52)43-40-37-34-31-27-20-17-14-11-8-5-2/h7,10,16,19,22-23,25-26,29-30,32-33,46H,4-6,8-9,11-15,17-18,20-21,24,27-28,31,34-45H2,1-3H3/b10-7-,19-16-,23-22-,26-25-,32-29-,33-30-. The van der Waals surface area contributed by atoms with E-state index in [-0.39, 0.29) is 37.5 Å². The highest BCUT2D eigenvalue weighted by atomic mass is 16.6. The predicted molar refractivity (Wildman–Crippen MR) is 233 cm³/mol. The fraction of sp³-hybridized carbons (Fsp3) is 0.694. The van der Waals surface area contributed by atoms with Gasteiger partial charge in [0.1, 0.15) is 13.2 Å². The van der Waals surface area contributed by atoms with E-state index in [0.29, 0.717) is 25.7 Å². The van der Waals surface area contributed by atoms with Gasteiger partial charge in [-0.1, -0.05) is 177 Å². The molecule has 1 unspecified atom stereocenters. The minimum atomic E-state index is -0.804. The predicted octanol–water partition coefficient (Wildman–Crippen LogP) is 14.3. The van der Waals surface area contributed by atoms with E-state index in [1.807, 2.05) is 0 Å². The number of carbonyl (C=O) groups is 3. The first-order valence-corrected chi connectivity index (χ1v) is 22.4. The minimum absolute atomic E-state index is 0.108. The number of rotatable bonds is 39. The van der Waals surface area contributed by atoms with Gasteiger partial charge in [0, 0.05) is 19.3 Å². The van der Waals surface area contributed by atoms with Gasteiger partial charge in [0.05, 0.1) is 0 Å². The quantitative estimate of drug-likeness (QED) is 0.0268. The summed E-state index contributed by atoms with van der Waals surface area (Å²) in [6, 6.07) is 0. The molecule has 0 fully saturated rings. The molecule has 0 rings (SSSR count). The number of allylic oxidation sites excluding steroid dienone is 12. The van der Waals surface area contributed by atoms with Crippen molar-refractivity contribution in [3.05, 3.63) is 72.9 Å². The highest BCUT2D eigenvalue weighted by molar-refractivity contribution is 5.71. The zero-order chi connectivity index (χ0) is 40.1. The van der Waals surface area contributed by atoms with Crippen molar-refractivity contribution in [2.24, 2.45) is 0 Å². The van der Waals surface area contributed by atoms with Gasteiger partial charge >= 0.3 is 17.9 Å². The third kappa shape index (κ3) is 41.8. The number of carbonyl (C=O) groups excluding carboxylic acids is 3. The second-order valence-corrected chi connectivity index (χ2v) is 14.6. The maximum Gasteiger partial charge on any atom is 0.306 e. The van der Waals surface area contributed by atoms with E-state index < -0.39 is 6.10 Å². The summed E-state index contributed by atoms with van der Waals surface area (Å²) in [6.07, 6.45) is 53.3. The molecular formula is C49H82O6. The van der Waals surface area contributed by atoms with Crippen LogP contribution in [0.1, 0.15) is 201 Å². The van der Waals surface area contributed by atoms with Gasteiger partial charge in [-0.05, 0) is 77.0 Å². The number of esters is 3. The van der Waals surface area contributed by atoms with Crippen LogP contribution in [0.4, 0.5) is 0 Å². The van der Waals surface area contributed by atoms with E-state index >= 15 is 0 Å². The second kappa shape index (κ2) is 43.6. The van der Waals surface area contributed by atoms with Crippen LogP contribution < -0.4 is 0 Å². The van der Waals surface area contributed by atoms with Crippen LogP contribution in [0, 0.1) is 0 Å². The summed E-state index contributed by atoms with van der Waals surface area (Å²) in [7, 11) is 0. The molecule has 0 aromatic heterocycles. The fourth-order valence-electron chi connectivity index (χ4n) is 5.83. The Morgan fingerprint density at radius 2 is 0.727 bits per heavy atom. The Morgan fingerprint density at radius 1 is 0.382 bits per heavy atom. The molecule has 55 heavy (non-hydrogen) atoms. The minimum Gasteiger partial charge on any atom is -0.462 e. The van der Waals surface area contributed by atoms with E-state index in [0.717, 1.165) is 70.6 Å². The summed E-state index contributed by atoms with van der Waals surface area (Å²) in [5.74, 6) is -1.01. The van der Waals surface area contributed by atoms with Gasteiger partial charge in [-0.15, -0.1) is 0 Å². The summed E-state index contributed by atoms with van der Waals surface area (Å²) in [6.45, 7) is 6.38. The first kappa shape index (κ1) is 51.9. The van der Waals surface area contributed by atoms with Crippen LogP contribution in [0.3, 0.4) is 0 Å². The molecule has 0 aliphatic carbocycles. The van der Waals surface area contributed by atoms with Crippen molar-refractivity contribution in [2.45, 2.75) is 207 Å². The van der Waals surface area contributed by atoms with Gasteiger partial charge in [0.15, 0.2) is 6.10 Å². The van der Waals surface area contributed by atoms with E-state index in [9.17, 15) is 14.4 Å². The smallest absolute Gasteiger partial charge is 0.306 e. The molecule has 0 radical (unpaired) electrons. The van der Waals surface area contributed by atoms with Gasteiger partial charge in [0.25, 0.3) is 0 Å². The molecular weight excluding hydrogens is 685 g/mol. The van der Waals surface area contributed by atoms with Gasteiger partial charge in [-0.3, -0.25) is 14.4 Å². The average Bonchev–Trinajstić information content (AvgIpc) is 3.18. The Bertz CT molecular complexity index is 1070. The molecule has 0 aromatic carbocycles. The molecule has 0 amide bonds. The van der Waals surface area contributed by atoms with Crippen LogP contribution in [0.25, 0.3) is 0 Å². The van der Waals surface area contributed by atoms with Crippen LogP contribution >= 0.6 is 0 Å². The van der Waals surface area contributed by atoms with Gasteiger partial charge in [0.2, 0.25) is 0 Å². The molecule has 0 aliphatic rings. The number of unbranched alkanes of at least 4 members (excludes halogenated alkanes) is 16. The van der Waals surface area contributed by atoms with Crippen molar-refractivity contribution in [2.75, 3.05) is 13.2 Å². The average molecular weight is 767 g/mol. The molecule has 0 N–H and O–H groups in total. The largest absolute Gasteiger partial charge is 0.462 e.